The van der Waals surface area contributed by atoms with Gasteiger partial charge in [-0.25, -0.2) is 4.39 Å². The van der Waals surface area contributed by atoms with Crippen LogP contribution in [-0.4, -0.2) is 11.3 Å². The van der Waals surface area contributed by atoms with Gasteiger partial charge in [0.1, 0.15) is 5.76 Å². The van der Waals surface area contributed by atoms with Crippen molar-refractivity contribution in [3.05, 3.63) is 37.3 Å². The van der Waals surface area contributed by atoms with Crippen molar-refractivity contribution >= 4 is 0 Å². The maximum absolute atomic E-state index is 12.8. The molecule has 0 aliphatic carbocycles. The van der Waals surface area contributed by atoms with Crippen molar-refractivity contribution in [2.75, 3.05) is 0 Å². The maximum Gasteiger partial charge on any atom is 0.166 e. The van der Waals surface area contributed by atoms with Crippen LogP contribution in [0.3, 0.4) is 0 Å². The van der Waals surface area contributed by atoms with Crippen molar-refractivity contribution in [1.82, 2.24) is 0 Å². The molecule has 0 aliphatic heterocycles. The van der Waals surface area contributed by atoms with Gasteiger partial charge in [0.15, 0.2) is 6.17 Å². The number of halogens is 1. The highest BCUT2D eigenvalue weighted by Crippen LogP contribution is 2.15. The molecule has 0 aromatic carbocycles. The first-order valence-corrected chi connectivity index (χ1v) is 3.16. The van der Waals surface area contributed by atoms with Crippen LogP contribution < -0.4 is 5.73 Å². The van der Waals surface area contributed by atoms with E-state index in [1.54, 1.807) is 0 Å². The fourth-order valence-electron chi connectivity index (χ4n) is 0.646. The first kappa shape index (κ1) is 9.75. The van der Waals surface area contributed by atoms with E-state index in [0.29, 0.717) is 0 Å². The zero-order valence-electron chi connectivity index (χ0n) is 6.20. The molecule has 0 aromatic rings. The van der Waals surface area contributed by atoms with Gasteiger partial charge in [0, 0.05) is 5.92 Å². The van der Waals surface area contributed by atoms with Gasteiger partial charge in [-0.05, 0) is 6.20 Å². The fourth-order valence-corrected chi connectivity index (χ4v) is 0.646. The Bertz CT molecular complexity index is 177. The standard InChI is InChI=1S/C8H12FNO/c1-3-7(4-5-10)8(9)6(2)11/h3-5,7-8,11H,1-2,10H2/b5-4+. The Morgan fingerprint density at radius 1 is 1.64 bits per heavy atom. The van der Waals surface area contributed by atoms with Crippen LogP contribution in [0.1, 0.15) is 0 Å². The van der Waals surface area contributed by atoms with Crippen LogP contribution in [0.5, 0.6) is 0 Å². The lowest BCUT2D eigenvalue weighted by atomic mass is 10.0. The Labute approximate surface area is 65.5 Å². The monoisotopic (exact) mass is 157 g/mol. The third-order valence-corrected chi connectivity index (χ3v) is 1.26. The predicted molar refractivity (Wildman–Crippen MR) is 43.7 cm³/mol. The van der Waals surface area contributed by atoms with E-state index >= 15 is 0 Å². The number of allylic oxidation sites excluding steroid dienone is 3. The van der Waals surface area contributed by atoms with E-state index in [4.69, 9.17) is 10.8 Å². The number of alkyl halides is 1. The molecule has 2 atom stereocenters. The Morgan fingerprint density at radius 3 is 2.45 bits per heavy atom. The first-order valence-electron chi connectivity index (χ1n) is 3.16. The first-order chi connectivity index (χ1) is 5.13. The molecule has 0 bridgehead atoms. The summed E-state index contributed by atoms with van der Waals surface area (Å²) in [5, 5.41) is 8.66. The average Bonchev–Trinajstić information content (AvgIpc) is 1.98. The van der Waals surface area contributed by atoms with Crippen LogP contribution in [0.4, 0.5) is 4.39 Å². The summed E-state index contributed by atoms with van der Waals surface area (Å²) in [6.45, 7) is 6.45. The molecular weight excluding hydrogens is 145 g/mol. The second-order valence-electron chi connectivity index (χ2n) is 2.09. The molecule has 2 nitrogen and oxygen atoms in total. The lowest BCUT2D eigenvalue weighted by Gasteiger charge is -2.11. The minimum absolute atomic E-state index is 0.506. The molecule has 0 saturated heterocycles. The number of hydrogen-bond donors (Lipinski definition) is 2. The topological polar surface area (TPSA) is 46.2 Å². The van der Waals surface area contributed by atoms with Gasteiger partial charge in [0.25, 0.3) is 0 Å². The Kier molecular flexibility index (Phi) is 4.03. The van der Waals surface area contributed by atoms with Crippen LogP contribution in [0.15, 0.2) is 37.3 Å². The molecule has 3 heteroatoms. The van der Waals surface area contributed by atoms with E-state index in [2.05, 4.69) is 13.2 Å². The summed E-state index contributed by atoms with van der Waals surface area (Å²) in [6.07, 6.45) is 2.45. The normalized spacial score (nSPS) is 16.1. The highest BCUT2D eigenvalue weighted by Gasteiger charge is 2.17. The van der Waals surface area contributed by atoms with Gasteiger partial charge < -0.3 is 10.8 Å². The van der Waals surface area contributed by atoms with Crippen molar-refractivity contribution in [2.45, 2.75) is 6.17 Å². The summed E-state index contributed by atoms with van der Waals surface area (Å²) >= 11 is 0. The van der Waals surface area contributed by atoms with Crippen molar-refractivity contribution in [1.29, 1.82) is 0 Å². The molecule has 0 saturated carbocycles. The lowest BCUT2D eigenvalue weighted by Crippen LogP contribution is -2.13. The van der Waals surface area contributed by atoms with Crippen molar-refractivity contribution in [3.8, 4) is 0 Å². The number of aliphatic hydroxyl groups is 1. The summed E-state index contributed by atoms with van der Waals surface area (Å²) in [6, 6.07) is 0. The van der Waals surface area contributed by atoms with Gasteiger partial charge in [0.2, 0.25) is 0 Å². The van der Waals surface area contributed by atoms with E-state index in [0.717, 1.165) is 0 Å². The Balaban J connectivity index is 4.24. The SMILES string of the molecule is C=CC(/C=C/N)C(F)C(=C)O. The fraction of sp³-hybridized carbons (Fsp3) is 0.250. The van der Waals surface area contributed by atoms with Crippen molar-refractivity contribution < 1.29 is 9.50 Å². The Hall–Kier alpha value is -1.25. The van der Waals surface area contributed by atoms with Gasteiger partial charge in [-0.15, -0.1) is 6.58 Å². The smallest absolute Gasteiger partial charge is 0.166 e. The molecule has 2 unspecified atom stereocenters. The number of hydrogen-bond acceptors (Lipinski definition) is 2. The Morgan fingerprint density at radius 2 is 2.18 bits per heavy atom. The van der Waals surface area contributed by atoms with Gasteiger partial charge in [-0.2, -0.15) is 0 Å². The third-order valence-electron chi connectivity index (χ3n) is 1.26. The largest absolute Gasteiger partial charge is 0.510 e. The number of nitrogens with two attached hydrogens (primary N) is 1. The third kappa shape index (κ3) is 2.89. The van der Waals surface area contributed by atoms with E-state index in [-0.39, 0.29) is 0 Å². The van der Waals surface area contributed by atoms with Gasteiger partial charge >= 0.3 is 0 Å². The lowest BCUT2D eigenvalue weighted by molar-refractivity contribution is 0.237. The zero-order chi connectivity index (χ0) is 8.85. The molecule has 0 spiro atoms. The van der Waals surface area contributed by atoms with Gasteiger partial charge in [0.05, 0.1) is 0 Å². The molecule has 11 heavy (non-hydrogen) atoms. The summed E-state index contributed by atoms with van der Waals surface area (Å²) in [4.78, 5) is 0. The molecule has 0 aliphatic rings. The minimum atomic E-state index is -1.52. The van der Waals surface area contributed by atoms with Gasteiger partial charge in [-0.3, -0.25) is 0 Å². The molecule has 0 radical (unpaired) electrons. The van der Waals surface area contributed by atoms with Crippen LogP contribution in [-0.2, 0) is 0 Å². The predicted octanol–water partition coefficient (Wildman–Crippen LogP) is 1.67. The van der Waals surface area contributed by atoms with E-state index in [9.17, 15) is 4.39 Å². The highest BCUT2D eigenvalue weighted by atomic mass is 19.1. The molecular formula is C8H12FNO. The molecule has 3 N–H and O–H groups in total. The summed E-state index contributed by atoms with van der Waals surface area (Å²) in [7, 11) is 0. The van der Waals surface area contributed by atoms with E-state index in [1.807, 2.05) is 0 Å². The molecule has 0 aromatic heterocycles. The van der Waals surface area contributed by atoms with Crippen LogP contribution in [0, 0.1) is 5.92 Å². The zero-order valence-corrected chi connectivity index (χ0v) is 6.20. The van der Waals surface area contributed by atoms with Crippen molar-refractivity contribution in [3.63, 3.8) is 0 Å². The molecule has 0 fully saturated rings. The van der Waals surface area contributed by atoms with Crippen molar-refractivity contribution in [2.24, 2.45) is 11.7 Å². The van der Waals surface area contributed by atoms with Crippen LogP contribution in [0.2, 0.25) is 0 Å². The summed E-state index contributed by atoms with van der Waals surface area (Å²) in [5.74, 6) is -1.11. The van der Waals surface area contributed by atoms with Gasteiger partial charge in [-0.1, -0.05) is 18.7 Å². The molecule has 0 rings (SSSR count). The second kappa shape index (κ2) is 4.55. The molecule has 0 heterocycles. The summed E-state index contributed by atoms with van der Waals surface area (Å²) in [5.41, 5.74) is 5.04. The number of aliphatic hydroxyl groups excluding tert-OH is 1. The van der Waals surface area contributed by atoms with E-state index < -0.39 is 17.8 Å². The average molecular weight is 157 g/mol. The summed E-state index contributed by atoms with van der Waals surface area (Å²) < 4.78 is 12.8. The van der Waals surface area contributed by atoms with Crippen LogP contribution in [0.25, 0.3) is 0 Å². The quantitative estimate of drug-likeness (QED) is 0.481. The highest BCUT2D eigenvalue weighted by molar-refractivity contribution is 5.07. The van der Waals surface area contributed by atoms with E-state index in [1.165, 1.54) is 18.4 Å². The minimum Gasteiger partial charge on any atom is -0.510 e. The molecule has 0 amide bonds. The maximum atomic E-state index is 12.8. The second-order valence-corrected chi connectivity index (χ2v) is 2.09. The van der Waals surface area contributed by atoms with Crippen LogP contribution >= 0.6 is 0 Å². The number of rotatable bonds is 4. The molecule has 62 valence electrons.